The van der Waals surface area contributed by atoms with Gasteiger partial charge in [-0.25, -0.2) is 0 Å². The van der Waals surface area contributed by atoms with Crippen LogP contribution in [-0.4, -0.2) is 7.85 Å². The first-order chi connectivity index (χ1) is 11.0. The topological polar surface area (TPSA) is 0 Å². The standard InChI is InChI=1S/C22H37B/c1-14-4-6-17-16(12-14)5-7-19-18(17)10-11-22(3)20(15(2)13-23)8-9-21(19)22/h14-21H,4-13H2,1-3H3. The SMILES string of the molecule is [B]CC(C)C1CCC2C3CCC4CC(C)CCC4C3CCC12C. The van der Waals surface area contributed by atoms with Gasteiger partial charge in [0.15, 0.2) is 0 Å². The van der Waals surface area contributed by atoms with Gasteiger partial charge < -0.3 is 0 Å². The molecule has 0 aliphatic heterocycles. The van der Waals surface area contributed by atoms with Gasteiger partial charge in [-0.2, -0.15) is 0 Å². The third-order valence-corrected chi connectivity index (χ3v) is 9.35. The van der Waals surface area contributed by atoms with Crippen LogP contribution >= 0.6 is 0 Å². The summed E-state index contributed by atoms with van der Waals surface area (Å²) in [5, 5.41) is 0. The van der Waals surface area contributed by atoms with Crippen LogP contribution in [0.15, 0.2) is 0 Å². The summed E-state index contributed by atoms with van der Waals surface area (Å²) >= 11 is 0. The first-order valence-corrected chi connectivity index (χ1v) is 10.7. The monoisotopic (exact) mass is 312 g/mol. The van der Waals surface area contributed by atoms with Crippen LogP contribution in [0.25, 0.3) is 0 Å². The second-order valence-electron chi connectivity index (χ2n) is 10.3. The molecule has 4 rings (SSSR count). The van der Waals surface area contributed by atoms with Gasteiger partial charge in [-0.15, -0.1) is 0 Å². The molecule has 0 aromatic rings. The van der Waals surface area contributed by atoms with E-state index < -0.39 is 0 Å². The number of hydrogen-bond donors (Lipinski definition) is 0. The molecule has 0 heterocycles. The van der Waals surface area contributed by atoms with Crippen LogP contribution in [0, 0.1) is 52.8 Å². The highest BCUT2D eigenvalue weighted by Gasteiger charge is 2.57. The lowest BCUT2D eigenvalue weighted by Gasteiger charge is -2.56. The second-order valence-corrected chi connectivity index (χ2v) is 10.3. The van der Waals surface area contributed by atoms with Crippen molar-refractivity contribution in [1.82, 2.24) is 0 Å². The molecule has 4 aliphatic carbocycles. The molecule has 128 valence electrons. The Balaban J connectivity index is 1.54. The molecule has 4 fully saturated rings. The van der Waals surface area contributed by atoms with Gasteiger partial charge in [0, 0.05) is 0 Å². The van der Waals surface area contributed by atoms with Gasteiger partial charge in [0.05, 0.1) is 7.85 Å². The summed E-state index contributed by atoms with van der Waals surface area (Å²) in [6, 6.07) is 0. The Morgan fingerprint density at radius 2 is 1.74 bits per heavy atom. The predicted octanol–water partition coefficient (Wildman–Crippen LogP) is 6.11. The molecule has 0 amide bonds. The molecule has 0 aromatic carbocycles. The number of rotatable bonds is 2. The van der Waals surface area contributed by atoms with E-state index in [0.29, 0.717) is 5.41 Å². The van der Waals surface area contributed by atoms with E-state index in [4.69, 9.17) is 7.85 Å². The molecule has 0 N–H and O–H groups in total. The number of fused-ring (bicyclic) bond motifs is 5. The first-order valence-electron chi connectivity index (χ1n) is 10.7. The van der Waals surface area contributed by atoms with Crippen LogP contribution in [0.1, 0.15) is 78.6 Å². The molecule has 0 bridgehead atoms. The van der Waals surface area contributed by atoms with Gasteiger partial charge in [-0.05, 0) is 104 Å². The Labute approximate surface area is 146 Å². The summed E-state index contributed by atoms with van der Waals surface area (Å²) in [6.45, 7) is 7.58. The molecule has 4 saturated carbocycles. The van der Waals surface area contributed by atoms with Crippen molar-refractivity contribution in [2.24, 2.45) is 52.8 Å². The zero-order chi connectivity index (χ0) is 16.2. The molecule has 2 radical (unpaired) electrons. The van der Waals surface area contributed by atoms with E-state index in [9.17, 15) is 0 Å². The highest BCUT2D eigenvalue weighted by atomic mass is 14.6. The van der Waals surface area contributed by atoms with E-state index in [1.54, 1.807) is 32.1 Å². The fraction of sp³-hybridized carbons (Fsp3) is 1.00. The van der Waals surface area contributed by atoms with Crippen LogP contribution < -0.4 is 0 Å². The van der Waals surface area contributed by atoms with E-state index in [2.05, 4.69) is 20.8 Å². The molecule has 0 aromatic heterocycles. The highest BCUT2D eigenvalue weighted by molar-refractivity contribution is 6.08. The summed E-state index contributed by atoms with van der Waals surface area (Å²) in [5.74, 6) is 8.01. The fourth-order valence-corrected chi connectivity index (χ4v) is 8.23. The van der Waals surface area contributed by atoms with Crippen LogP contribution in [0.4, 0.5) is 0 Å². The Bertz CT molecular complexity index is 432. The Hall–Kier alpha value is 0.0649. The average Bonchev–Trinajstić information content (AvgIpc) is 2.90. The van der Waals surface area contributed by atoms with Crippen molar-refractivity contribution in [2.75, 3.05) is 0 Å². The van der Waals surface area contributed by atoms with Crippen molar-refractivity contribution >= 4 is 7.85 Å². The Morgan fingerprint density at radius 1 is 0.957 bits per heavy atom. The summed E-state index contributed by atoms with van der Waals surface area (Å²) < 4.78 is 0. The highest BCUT2D eigenvalue weighted by Crippen LogP contribution is 2.65. The summed E-state index contributed by atoms with van der Waals surface area (Å²) in [4.78, 5) is 0. The van der Waals surface area contributed by atoms with E-state index in [1.807, 2.05) is 0 Å². The van der Waals surface area contributed by atoms with Gasteiger partial charge in [-0.1, -0.05) is 33.5 Å². The van der Waals surface area contributed by atoms with Gasteiger partial charge in [0.25, 0.3) is 0 Å². The van der Waals surface area contributed by atoms with Crippen molar-refractivity contribution < 1.29 is 0 Å². The maximum absolute atomic E-state index is 6.06. The van der Waals surface area contributed by atoms with Crippen LogP contribution in [0.2, 0.25) is 6.32 Å². The smallest absolute Gasteiger partial charge is 0.0656 e. The minimum absolute atomic E-state index is 0.620. The summed E-state index contributed by atoms with van der Waals surface area (Å²) in [6.07, 6.45) is 14.6. The van der Waals surface area contributed by atoms with E-state index >= 15 is 0 Å². The van der Waals surface area contributed by atoms with Crippen LogP contribution in [0.3, 0.4) is 0 Å². The van der Waals surface area contributed by atoms with Gasteiger partial charge in [0.1, 0.15) is 0 Å². The zero-order valence-electron chi connectivity index (χ0n) is 15.8. The maximum Gasteiger partial charge on any atom is 0.0656 e. The molecule has 0 spiro atoms. The van der Waals surface area contributed by atoms with E-state index in [1.165, 1.54) is 25.7 Å². The molecule has 0 nitrogen and oxygen atoms in total. The first kappa shape index (κ1) is 16.5. The molecular weight excluding hydrogens is 275 g/mol. The van der Waals surface area contributed by atoms with Crippen molar-refractivity contribution in [2.45, 2.75) is 84.9 Å². The predicted molar refractivity (Wildman–Crippen MR) is 99.5 cm³/mol. The molecule has 9 unspecified atom stereocenters. The quantitative estimate of drug-likeness (QED) is 0.539. The lowest BCUT2D eigenvalue weighted by Crippen LogP contribution is -2.49. The molecule has 1 heteroatoms. The fourth-order valence-electron chi connectivity index (χ4n) is 8.23. The summed E-state index contributed by atoms with van der Waals surface area (Å²) in [7, 11) is 6.06. The Kier molecular flexibility index (Phi) is 4.38. The van der Waals surface area contributed by atoms with Crippen molar-refractivity contribution in [1.29, 1.82) is 0 Å². The molecule has 23 heavy (non-hydrogen) atoms. The minimum atomic E-state index is 0.620. The van der Waals surface area contributed by atoms with Gasteiger partial charge in [-0.3, -0.25) is 0 Å². The largest absolute Gasteiger partial charge is 0.0859 e. The third-order valence-electron chi connectivity index (χ3n) is 9.35. The summed E-state index contributed by atoms with van der Waals surface area (Å²) in [5.41, 5.74) is 0.620. The molecule has 9 atom stereocenters. The lowest BCUT2D eigenvalue weighted by atomic mass is 9.48. The van der Waals surface area contributed by atoms with E-state index in [-0.39, 0.29) is 0 Å². The Morgan fingerprint density at radius 3 is 2.52 bits per heavy atom. The molecular formula is C22H37B. The van der Waals surface area contributed by atoms with Crippen molar-refractivity contribution in [3.05, 3.63) is 0 Å². The van der Waals surface area contributed by atoms with Gasteiger partial charge >= 0.3 is 0 Å². The zero-order valence-corrected chi connectivity index (χ0v) is 15.8. The van der Waals surface area contributed by atoms with Gasteiger partial charge in [0.2, 0.25) is 0 Å². The second kappa shape index (κ2) is 6.10. The molecule has 4 aliphatic rings. The minimum Gasteiger partial charge on any atom is -0.0859 e. The third kappa shape index (κ3) is 2.55. The lowest BCUT2D eigenvalue weighted by molar-refractivity contribution is -0.0719. The molecule has 0 saturated heterocycles. The van der Waals surface area contributed by atoms with Crippen molar-refractivity contribution in [3.8, 4) is 0 Å². The van der Waals surface area contributed by atoms with Crippen LogP contribution in [-0.2, 0) is 0 Å². The van der Waals surface area contributed by atoms with E-state index in [0.717, 1.165) is 53.7 Å². The maximum atomic E-state index is 6.06. The average molecular weight is 312 g/mol. The normalized spacial score (nSPS) is 54.0. The number of hydrogen-bond acceptors (Lipinski definition) is 0. The van der Waals surface area contributed by atoms with Crippen LogP contribution in [0.5, 0.6) is 0 Å². The van der Waals surface area contributed by atoms with Crippen molar-refractivity contribution in [3.63, 3.8) is 0 Å².